The molecule has 170 valence electrons. The number of para-hydroxylation sites is 1. The first-order valence-corrected chi connectivity index (χ1v) is 12.0. The van der Waals surface area contributed by atoms with Crippen LogP contribution in [0.3, 0.4) is 0 Å². The molecule has 3 heteroatoms. The Labute approximate surface area is 202 Å². The number of ether oxygens (including phenoxy) is 1. The number of pyridine rings is 1. The van der Waals surface area contributed by atoms with E-state index in [4.69, 9.17) is 16.1 Å². The first-order chi connectivity index (χ1) is 16.6. The topological polar surface area (TPSA) is 25.4 Å². The summed E-state index contributed by atoms with van der Waals surface area (Å²) in [4.78, 5) is 7.40. The summed E-state index contributed by atoms with van der Waals surface area (Å²) in [5, 5.41) is 1.00. The second kappa shape index (κ2) is 9.23. The van der Waals surface area contributed by atoms with Gasteiger partial charge in [-0.05, 0) is 59.7 Å². The van der Waals surface area contributed by atoms with Gasteiger partial charge in [-0.2, -0.15) is 0 Å². The SMILES string of the molecule is C#Cc1ccc(-c2cccc3c(OC)c(-c4ccc(N5C[C@H](C)C[C@H](C)C5)cc4)cnc23)cc1. The second-order valence-electron chi connectivity index (χ2n) is 9.53. The fourth-order valence-electron chi connectivity index (χ4n) is 5.33. The summed E-state index contributed by atoms with van der Waals surface area (Å²) < 4.78 is 5.94. The molecule has 1 saturated heterocycles. The molecule has 0 spiro atoms. The average Bonchev–Trinajstić information content (AvgIpc) is 2.87. The Balaban J connectivity index is 1.52. The molecule has 0 saturated carbocycles. The van der Waals surface area contributed by atoms with Gasteiger partial charge in [0.2, 0.25) is 0 Å². The Kier molecular flexibility index (Phi) is 5.99. The fraction of sp³-hybridized carbons (Fsp3) is 0.258. The highest BCUT2D eigenvalue weighted by atomic mass is 16.5. The third kappa shape index (κ3) is 4.13. The van der Waals surface area contributed by atoms with Crippen LogP contribution in [0.1, 0.15) is 25.8 Å². The fourth-order valence-corrected chi connectivity index (χ4v) is 5.33. The Morgan fingerprint density at radius 2 is 1.53 bits per heavy atom. The van der Waals surface area contributed by atoms with E-state index in [1.807, 2.05) is 30.5 Å². The normalized spacial score (nSPS) is 18.0. The molecule has 0 unspecified atom stereocenters. The lowest BCUT2D eigenvalue weighted by Gasteiger charge is -2.36. The molecular formula is C31H30N2O. The van der Waals surface area contributed by atoms with Gasteiger partial charge in [-0.15, -0.1) is 6.42 Å². The number of fused-ring (bicyclic) bond motifs is 1. The van der Waals surface area contributed by atoms with Crippen molar-refractivity contribution in [3.05, 3.63) is 78.5 Å². The van der Waals surface area contributed by atoms with E-state index in [1.54, 1.807) is 7.11 Å². The largest absolute Gasteiger partial charge is 0.495 e. The summed E-state index contributed by atoms with van der Waals surface area (Å²) in [6, 6.07) is 23.1. The molecule has 0 aliphatic carbocycles. The molecule has 3 aromatic carbocycles. The monoisotopic (exact) mass is 446 g/mol. The van der Waals surface area contributed by atoms with Crippen molar-refractivity contribution < 1.29 is 4.74 Å². The first-order valence-electron chi connectivity index (χ1n) is 12.0. The predicted octanol–water partition coefficient (Wildman–Crippen LogP) is 7.04. The summed E-state index contributed by atoms with van der Waals surface area (Å²) in [6.07, 6.45) is 8.76. The maximum atomic E-state index is 5.94. The van der Waals surface area contributed by atoms with Crippen LogP contribution >= 0.6 is 0 Å². The number of hydrogen-bond donors (Lipinski definition) is 0. The summed E-state index contributed by atoms with van der Waals surface area (Å²) in [5.74, 6) is 4.98. The summed E-state index contributed by atoms with van der Waals surface area (Å²) in [5.41, 5.74) is 7.33. The molecule has 2 heterocycles. The number of benzene rings is 3. The summed E-state index contributed by atoms with van der Waals surface area (Å²) in [7, 11) is 1.73. The summed E-state index contributed by atoms with van der Waals surface area (Å²) >= 11 is 0. The van der Waals surface area contributed by atoms with Crippen LogP contribution in [0.5, 0.6) is 5.75 Å². The van der Waals surface area contributed by atoms with Crippen LogP contribution in [0.2, 0.25) is 0 Å². The smallest absolute Gasteiger partial charge is 0.137 e. The molecule has 1 aliphatic heterocycles. The number of piperidine rings is 1. The molecule has 5 rings (SSSR count). The molecule has 0 N–H and O–H groups in total. The van der Waals surface area contributed by atoms with E-state index >= 15 is 0 Å². The molecule has 34 heavy (non-hydrogen) atoms. The molecule has 3 nitrogen and oxygen atoms in total. The number of nitrogens with zero attached hydrogens (tertiary/aromatic N) is 2. The van der Waals surface area contributed by atoms with Gasteiger partial charge < -0.3 is 9.64 Å². The first kappa shape index (κ1) is 22.0. The van der Waals surface area contributed by atoms with Gasteiger partial charge in [0.15, 0.2) is 0 Å². The predicted molar refractivity (Wildman–Crippen MR) is 142 cm³/mol. The maximum absolute atomic E-state index is 5.94. The zero-order chi connectivity index (χ0) is 23.7. The Bertz CT molecular complexity index is 1340. The van der Waals surface area contributed by atoms with Crippen molar-refractivity contribution in [2.24, 2.45) is 11.8 Å². The van der Waals surface area contributed by atoms with E-state index in [1.165, 1.54) is 12.1 Å². The summed E-state index contributed by atoms with van der Waals surface area (Å²) in [6.45, 7) is 6.94. The Morgan fingerprint density at radius 1 is 0.882 bits per heavy atom. The number of hydrogen-bond acceptors (Lipinski definition) is 3. The molecule has 1 aromatic heterocycles. The Hall–Kier alpha value is -3.77. The lowest BCUT2D eigenvalue weighted by Crippen LogP contribution is -2.38. The van der Waals surface area contributed by atoms with E-state index in [-0.39, 0.29) is 0 Å². The van der Waals surface area contributed by atoms with Crippen LogP contribution in [0, 0.1) is 24.2 Å². The molecular weight excluding hydrogens is 416 g/mol. The molecule has 0 radical (unpaired) electrons. The van der Waals surface area contributed by atoms with Crippen LogP contribution in [0.15, 0.2) is 72.9 Å². The van der Waals surface area contributed by atoms with Crippen molar-refractivity contribution >= 4 is 16.6 Å². The molecule has 2 atom stereocenters. The minimum Gasteiger partial charge on any atom is -0.495 e. The highest BCUT2D eigenvalue weighted by molar-refractivity contribution is 6.00. The van der Waals surface area contributed by atoms with Crippen LogP contribution in [-0.4, -0.2) is 25.2 Å². The van der Waals surface area contributed by atoms with Gasteiger partial charge in [-0.3, -0.25) is 4.98 Å². The molecule has 0 amide bonds. The quantitative estimate of drug-likeness (QED) is 0.314. The van der Waals surface area contributed by atoms with Crippen molar-refractivity contribution in [2.75, 3.05) is 25.1 Å². The lowest BCUT2D eigenvalue weighted by atomic mass is 9.91. The third-order valence-corrected chi connectivity index (χ3v) is 6.83. The lowest BCUT2D eigenvalue weighted by molar-refractivity contribution is 0.357. The van der Waals surface area contributed by atoms with Gasteiger partial charge >= 0.3 is 0 Å². The molecule has 4 aromatic rings. The van der Waals surface area contributed by atoms with Crippen LogP contribution in [-0.2, 0) is 0 Å². The standard InChI is InChI=1S/C31H30N2O/c1-5-23-9-11-24(12-10-23)27-7-6-8-28-30(27)32-18-29(31(28)34-4)25-13-15-26(16-14-25)33-19-21(2)17-22(3)20-33/h1,6-16,18,21-22H,17,19-20H2,2-4H3/t21-,22+. The zero-order valence-electron chi connectivity index (χ0n) is 20.1. The van der Waals surface area contributed by atoms with E-state index in [0.717, 1.165) is 69.4 Å². The van der Waals surface area contributed by atoms with E-state index in [9.17, 15) is 0 Å². The van der Waals surface area contributed by atoms with Crippen LogP contribution < -0.4 is 9.64 Å². The second-order valence-corrected chi connectivity index (χ2v) is 9.53. The third-order valence-electron chi connectivity index (χ3n) is 6.83. The molecule has 1 aliphatic rings. The highest BCUT2D eigenvalue weighted by Crippen LogP contribution is 2.39. The van der Waals surface area contributed by atoms with Gasteiger partial charge in [0.1, 0.15) is 5.75 Å². The minimum absolute atomic E-state index is 0.727. The average molecular weight is 447 g/mol. The van der Waals surface area contributed by atoms with Gasteiger partial charge in [-0.25, -0.2) is 0 Å². The Morgan fingerprint density at radius 3 is 2.18 bits per heavy atom. The van der Waals surface area contributed by atoms with E-state index < -0.39 is 0 Å². The van der Waals surface area contributed by atoms with Gasteiger partial charge in [-0.1, -0.05) is 56.2 Å². The van der Waals surface area contributed by atoms with Gasteiger partial charge in [0.05, 0.1) is 12.6 Å². The minimum atomic E-state index is 0.727. The van der Waals surface area contributed by atoms with Crippen LogP contribution in [0.25, 0.3) is 33.2 Å². The van der Waals surface area contributed by atoms with E-state index in [0.29, 0.717) is 0 Å². The number of anilines is 1. The zero-order valence-corrected chi connectivity index (χ0v) is 20.1. The molecule has 0 bridgehead atoms. The highest BCUT2D eigenvalue weighted by Gasteiger charge is 2.22. The van der Waals surface area contributed by atoms with Crippen molar-refractivity contribution in [3.63, 3.8) is 0 Å². The van der Waals surface area contributed by atoms with Crippen LogP contribution in [0.4, 0.5) is 5.69 Å². The van der Waals surface area contributed by atoms with E-state index in [2.05, 4.69) is 67.1 Å². The van der Waals surface area contributed by atoms with Gasteiger partial charge in [0.25, 0.3) is 0 Å². The number of rotatable bonds is 4. The van der Waals surface area contributed by atoms with Gasteiger partial charge in [0, 0.05) is 47.1 Å². The number of aromatic nitrogens is 1. The maximum Gasteiger partial charge on any atom is 0.137 e. The number of methoxy groups -OCH3 is 1. The van der Waals surface area contributed by atoms with Crippen molar-refractivity contribution in [1.82, 2.24) is 4.98 Å². The molecule has 1 fully saturated rings. The van der Waals surface area contributed by atoms with Crippen molar-refractivity contribution in [3.8, 4) is 40.3 Å². The van der Waals surface area contributed by atoms with Crippen molar-refractivity contribution in [2.45, 2.75) is 20.3 Å². The van der Waals surface area contributed by atoms with Crippen molar-refractivity contribution in [1.29, 1.82) is 0 Å². The number of terminal acetylenes is 1.